The second kappa shape index (κ2) is 5.21. The molecule has 0 aliphatic carbocycles. The standard InChI is InChI=1S/C13H11N2O3S/c14-19(17,18)12-7-5-11(6-8-12)15-13-4-2-1-3-10(13)9-16/h1-8,15H,(H2,14,17,18). The highest BCUT2D eigenvalue weighted by Gasteiger charge is 2.07. The largest absolute Gasteiger partial charge is 0.355 e. The van der Waals surface area contributed by atoms with Crippen LogP contribution in [-0.2, 0) is 14.8 Å². The predicted octanol–water partition coefficient (Wildman–Crippen LogP) is 1.54. The fourth-order valence-corrected chi connectivity index (χ4v) is 2.08. The maximum atomic E-state index is 11.1. The Hall–Kier alpha value is -2.18. The molecule has 0 aromatic heterocycles. The molecule has 0 saturated carbocycles. The second-order valence-corrected chi connectivity index (χ2v) is 5.40. The number of carbonyl (C=O) groups excluding carboxylic acids is 1. The maximum Gasteiger partial charge on any atom is 0.238 e. The number of hydrogen-bond donors (Lipinski definition) is 2. The molecule has 0 heterocycles. The predicted molar refractivity (Wildman–Crippen MR) is 72.3 cm³/mol. The van der Waals surface area contributed by atoms with Gasteiger partial charge in [0.25, 0.3) is 0 Å². The van der Waals surface area contributed by atoms with Crippen molar-refractivity contribution >= 4 is 27.7 Å². The minimum atomic E-state index is -3.70. The fraction of sp³-hybridized carbons (Fsp3) is 0. The molecule has 0 aliphatic heterocycles. The third-order valence-electron chi connectivity index (χ3n) is 2.50. The quantitative estimate of drug-likeness (QED) is 0.885. The highest BCUT2D eigenvalue weighted by molar-refractivity contribution is 7.89. The minimum Gasteiger partial charge on any atom is -0.355 e. The Bertz CT molecular complexity index is 694. The number of rotatable bonds is 4. The van der Waals surface area contributed by atoms with Gasteiger partial charge in [-0.15, -0.1) is 0 Å². The van der Waals surface area contributed by atoms with E-state index in [9.17, 15) is 13.2 Å². The van der Waals surface area contributed by atoms with E-state index >= 15 is 0 Å². The normalized spacial score (nSPS) is 11.0. The van der Waals surface area contributed by atoms with Crippen molar-refractivity contribution in [3.05, 3.63) is 54.1 Å². The highest BCUT2D eigenvalue weighted by Crippen LogP contribution is 2.20. The van der Waals surface area contributed by atoms with E-state index in [1.807, 2.05) is 6.29 Å². The van der Waals surface area contributed by atoms with Crippen molar-refractivity contribution in [2.24, 2.45) is 5.14 Å². The lowest BCUT2D eigenvalue weighted by Gasteiger charge is -2.08. The number of primary sulfonamides is 1. The first-order valence-corrected chi connectivity index (χ1v) is 6.92. The molecule has 0 bridgehead atoms. The Morgan fingerprint density at radius 2 is 1.63 bits per heavy atom. The summed E-state index contributed by atoms with van der Waals surface area (Å²) in [5.74, 6) is 0. The molecule has 2 rings (SSSR count). The zero-order chi connectivity index (χ0) is 13.9. The number of para-hydroxylation sites is 1. The summed E-state index contributed by atoms with van der Waals surface area (Å²) >= 11 is 0. The van der Waals surface area contributed by atoms with E-state index in [1.54, 1.807) is 36.4 Å². The summed E-state index contributed by atoms with van der Waals surface area (Å²) < 4.78 is 22.2. The van der Waals surface area contributed by atoms with Gasteiger partial charge in [0, 0.05) is 16.9 Å². The van der Waals surface area contributed by atoms with E-state index < -0.39 is 10.0 Å². The molecule has 6 heteroatoms. The number of nitrogens with one attached hydrogen (secondary N) is 1. The molecule has 5 nitrogen and oxygen atoms in total. The van der Waals surface area contributed by atoms with E-state index in [0.29, 0.717) is 16.9 Å². The van der Waals surface area contributed by atoms with Gasteiger partial charge in [0.15, 0.2) is 0 Å². The molecule has 0 atom stereocenters. The molecule has 19 heavy (non-hydrogen) atoms. The van der Waals surface area contributed by atoms with Gasteiger partial charge in [0.05, 0.1) is 4.90 Å². The second-order valence-electron chi connectivity index (χ2n) is 3.84. The van der Waals surface area contributed by atoms with Crippen molar-refractivity contribution in [2.75, 3.05) is 5.32 Å². The molecule has 2 aromatic carbocycles. The summed E-state index contributed by atoms with van der Waals surface area (Å²) in [6.07, 6.45) is 1.82. The molecule has 0 saturated heterocycles. The summed E-state index contributed by atoms with van der Waals surface area (Å²) in [6.45, 7) is 0. The van der Waals surface area contributed by atoms with E-state index in [4.69, 9.17) is 5.14 Å². The molecule has 3 N–H and O–H groups in total. The molecular weight excluding hydrogens is 264 g/mol. The average Bonchev–Trinajstić information content (AvgIpc) is 2.39. The third kappa shape index (κ3) is 3.18. The van der Waals surface area contributed by atoms with Gasteiger partial charge < -0.3 is 5.32 Å². The molecule has 0 amide bonds. The van der Waals surface area contributed by atoms with Crippen LogP contribution in [0.2, 0.25) is 0 Å². The van der Waals surface area contributed by atoms with E-state index in [2.05, 4.69) is 5.32 Å². The Balaban J connectivity index is 2.27. The van der Waals surface area contributed by atoms with Crippen molar-refractivity contribution in [1.29, 1.82) is 0 Å². The highest BCUT2D eigenvalue weighted by atomic mass is 32.2. The average molecular weight is 275 g/mol. The lowest BCUT2D eigenvalue weighted by Crippen LogP contribution is -2.11. The first-order valence-electron chi connectivity index (χ1n) is 5.38. The number of hydrogen-bond acceptors (Lipinski definition) is 4. The molecule has 0 aliphatic rings. The van der Waals surface area contributed by atoms with Crippen LogP contribution in [0.25, 0.3) is 0 Å². The van der Waals surface area contributed by atoms with Gasteiger partial charge in [0.1, 0.15) is 0 Å². The van der Waals surface area contributed by atoms with Crippen molar-refractivity contribution in [2.45, 2.75) is 4.90 Å². The van der Waals surface area contributed by atoms with Crippen LogP contribution in [0.1, 0.15) is 5.56 Å². The summed E-state index contributed by atoms with van der Waals surface area (Å²) in [7, 11) is -3.70. The first-order chi connectivity index (χ1) is 9.00. The number of anilines is 2. The van der Waals surface area contributed by atoms with Crippen LogP contribution in [0, 0.1) is 0 Å². The van der Waals surface area contributed by atoms with Crippen molar-refractivity contribution in [3.63, 3.8) is 0 Å². The first kappa shape index (κ1) is 13.3. The lowest BCUT2D eigenvalue weighted by molar-refractivity contribution is 0.563. The Morgan fingerprint density at radius 1 is 1.00 bits per heavy atom. The van der Waals surface area contributed by atoms with Crippen LogP contribution >= 0.6 is 0 Å². The van der Waals surface area contributed by atoms with Crippen LogP contribution in [0.5, 0.6) is 0 Å². The van der Waals surface area contributed by atoms with Gasteiger partial charge in [-0.1, -0.05) is 12.1 Å². The molecule has 2 aromatic rings. The monoisotopic (exact) mass is 275 g/mol. The summed E-state index contributed by atoms with van der Waals surface area (Å²) in [5, 5.41) is 8.01. The fourth-order valence-electron chi connectivity index (χ4n) is 1.56. The van der Waals surface area contributed by atoms with Crippen LogP contribution < -0.4 is 10.5 Å². The zero-order valence-electron chi connectivity index (χ0n) is 9.83. The smallest absolute Gasteiger partial charge is 0.238 e. The Morgan fingerprint density at radius 3 is 2.21 bits per heavy atom. The van der Waals surface area contributed by atoms with E-state index in [-0.39, 0.29) is 4.90 Å². The van der Waals surface area contributed by atoms with Crippen molar-refractivity contribution in [1.82, 2.24) is 0 Å². The molecule has 0 fully saturated rings. The maximum absolute atomic E-state index is 11.1. The SMILES string of the molecule is NS(=O)(=O)c1ccc(Nc2ccccc2[C]=O)cc1. The Labute approximate surface area is 111 Å². The van der Waals surface area contributed by atoms with E-state index in [1.165, 1.54) is 12.1 Å². The molecule has 1 radical (unpaired) electrons. The van der Waals surface area contributed by atoms with Gasteiger partial charge in [0.2, 0.25) is 16.3 Å². The van der Waals surface area contributed by atoms with Gasteiger partial charge in [-0.3, -0.25) is 4.79 Å². The summed E-state index contributed by atoms with van der Waals surface area (Å²) in [5.41, 5.74) is 1.65. The van der Waals surface area contributed by atoms with Gasteiger partial charge in [-0.25, -0.2) is 13.6 Å². The van der Waals surface area contributed by atoms with Crippen molar-refractivity contribution < 1.29 is 13.2 Å². The van der Waals surface area contributed by atoms with E-state index in [0.717, 1.165) is 0 Å². The molecule has 97 valence electrons. The van der Waals surface area contributed by atoms with Crippen LogP contribution in [0.3, 0.4) is 0 Å². The third-order valence-corrected chi connectivity index (χ3v) is 3.43. The Kier molecular flexibility index (Phi) is 3.64. The molecule has 0 spiro atoms. The number of benzene rings is 2. The zero-order valence-corrected chi connectivity index (χ0v) is 10.6. The number of sulfonamides is 1. The minimum absolute atomic E-state index is 0.0354. The van der Waals surface area contributed by atoms with Gasteiger partial charge >= 0.3 is 0 Å². The van der Waals surface area contributed by atoms with Crippen molar-refractivity contribution in [3.8, 4) is 0 Å². The van der Waals surface area contributed by atoms with Gasteiger partial charge in [-0.2, -0.15) is 0 Å². The summed E-state index contributed by atoms with van der Waals surface area (Å²) in [6, 6.07) is 12.8. The molecular formula is C13H11N2O3S. The summed E-state index contributed by atoms with van der Waals surface area (Å²) in [4.78, 5) is 10.8. The lowest BCUT2D eigenvalue weighted by atomic mass is 10.2. The van der Waals surface area contributed by atoms with Crippen LogP contribution in [0.15, 0.2) is 53.4 Å². The van der Waals surface area contributed by atoms with Crippen LogP contribution in [0.4, 0.5) is 11.4 Å². The number of nitrogens with two attached hydrogens (primary N) is 1. The molecule has 0 unspecified atom stereocenters. The topological polar surface area (TPSA) is 89.3 Å². The van der Waals surface area contributed by atoms with Gasteiger partial charge in [-0.05, 0) is 36.4 Å². The van der Waals surface area contributed by atoms with Crippen LogP contribution in [-0.4, -0.2) is 14.7 Å².